The van der Waals surface area contributed by atoms with Crippen LogP contribution in [-0.2, 0) is 0 Å². The van der Waals surface area contributed by atoms with Crippen molar-refractivity contribution in [2.45, 2.75) is 13.8 Å². The number of methoxy groups -OCH3 is 1. The molecule has 0 aliphatic heterocycles. The molecule has 4 rings (SSSR count). The first kappa shape index (κ1) is 19.9. The van der Waals surface area contributed by atoms with Gasteiger partial charge in [0.25, 0.3) is 0 Å². The van der Waals surface area contributed by atoms with E-state index in [9.17, 15) is 4.79 Å². The highest BCUT2D eigenvalue weighted by atomic mass is 32.1. The molecule has 0 bridgehead atoms. The predicted molar refractivity (Wildman–Crippen MR) is 121 cm³/mol. The molecule has 0 radical (unpaired) electrons. The van der Waals surface area contributed by atoms with Crippen LogP contribution in [0.2, 0.25) is 0 Å². The van der Waals surface area contributed by atoms with Gasteiger partial charge in [0.15, 0.2) is 5.01 Å². The van der Waals surface area contributed by atoms with Gasteiger partial charge in [-0.15, -0.1) is 10.2 Å². The van der Waals surface area contributed by atoms with Crippen LogP contribution in [0.1, 0.15) is 13.8 Å². The van der Waals surface area contributed by atoms with Gasteiger partial charge in [-0.1, -0.05) is 11.3 Å². The monoisotopic (exact) mass is 422 g/mol. The van der Waals surface area contributed by atoms with Crippen LogP contribution in [0.25, 0.3) is 21.5 Å². The van der Waals surface area contributed by atoms with E-state index in [2.05, 4.69) is 34.3 Å². The maximum atomic E-state index is 12.6. The second-order valence-corrected chi connectivity index (χ2v) is 7.59. The van der Waals surface area contributed by atoms with Crippen LogP contribution in [0.4, 0.5) is 16.5 Å². The molecule has 7 nitrogen and oxygen atoms in total. The lowest BCUT2D eigenvalue weighted by Crippen LogP contribution is -2.21. The summed E-state index contributed by atoms with van der Waals surface area (Å²) in [6, 6.07) is 15.2. The first-order valence-electron chi connectivity index (χ1n) is 9.69. The van der Waals surface area contributed by atoms with Crippen molar-refractivity contribution in [3.8, 4) is 16.3 Å². The predicted octanol–water partition coefficient (Wildman–Crippen LogP) is 4.91. The molecular formula is C22H22N4O3S. The number of nitrogens with one attached hydrogen (secondary N) is 1. The van der Waals surface area contributed by atoms with Gasteiger partial charge in [0, 0.05) is 35.9 Å². The Kier molecular flexibility index (Phi) is 5.67. The second-order valence-electron chi connectivity index (χ2n) is 6.61. The topological polar surface area (TPSA) is 80.5 Å². The molecule has 2 heterocycles. The quantitative estimate of drug-likeness (QED) is 0.424. The fraction of sp³-hybridized carbons (Fsp3) is 0.227. The zero-order valence-electron chi connectivity index (χ0n) is 17.0. The van der Waals surface area contributed by atoms with Crippen LogP contribution in [0, 0.1) is 0 Å². The Morgan fingerprint density at radius 1 is 1.07 bits per heavy atom. The molecule has 0 amide bonds. The number of anilines is 3. The second kappa shape index (κ2) is 8.54. The van der Waals surface area contributed by atoms with Crippen LogP contribution >= 0.6 is 11.3 Å². The van der Waals surface area contributed by atoms with Gasteiger partial charge >= 0.3 is 5.63 Å². The number of ether oxygens (including phenoxy) is 1. The molecule has 0 saturated carbocycles. The minimum absolute atomic E-state index is 0.401. The fourth-order valence-corrected chi connectivity index (χ4v) is 3.98. The lowest BCUT2D eigenvalue weighted by Gasteiger charge is -2.20. The SMILES string of the molecule is CCN(CC)c1ccc2cc(-c3nnc(Nc4ccc(OC)cc4)s3)c(=O)oc2c1. The van der Waals surface area contributed by atoms with E-state index in [-0.39, 0.29) is 0 Å². The fourth-order valence-electron chi connectivity index (χ4n) is 3.21. The number of aromatic nitrogens is 2. The van der Waals surface area contributed by atoms with Crippen molar-refractivity contribution in [2.24, 2.45) is 0 Å². The first-order valence-corrected chi connectivity index (χ1v) is 10.5. The molecule has 8 heteroatoms. The number of benzene rings is 2. The summed E-state index contributed by atoms with van der Waals surface area (Å²) in [5.41, 5.74) is 2.43. The van der Waals surface area contributed by atoms with Crippen molar-refractivity contribution < 1.29 is 9.15 Å². The third kappa shape index (κ3) is 3.99. The highest BCUT2D eigenvalue weighted by Gasteiger charge is 2.14. The van der Waals surface area contributed by atoms with Crippen LogP contribution in [0.5, 0.6) is 5.75 Å². The lowest BCUT2D eigenvalue weighted by molar-refractivity contribution is 0.415. The molecule has 0 aliphatic rings. The van der Waals surface area contributed by atoms with E-state index in [4.69, 9.17) is 9.15 Å². The zero-order chi connectivity index (χ0) is 21.1. The summed E-state index contributed by atoms with van der Waals surface area (Å²) in [4.78, 5) is 14.8. The summed E-state index contributed by atoms with van der Waals surface area (Å²) in [5, 5.41) is 13.5. The van der Waals surface area contributed by atoms with Gasteiger partial charge in [-0.2, -0.15) is 0 Å². The molecule has 154 valence electrons. The minimum Gasteiger partial charge on any atom is -0.497 e. The molecule has 2 aromatic heterocycles. The number of hydrogen-bond donors (Lipinski definition) is 1. The average Bonchev–Trinajstić information content (AvgIpc) is 3.22. The standard InChI is InChI=1S/C22H22N4O3S/c1-4-26(5-2)16-9-6-14-12-18(21(27)29-19(14)13-16)20-24-25-22(30-20)23-15-7-10-17(28-3)11-8-15/h6-13H,4-5H2,1-3H3,(H,23,25). The Morgan fingerprint density at radius 3 is 2.53 bits per heavy atom. The molecule has 0 spiro atoms. The highest BCUT2D eigenvalue weighted by Crippen LogP contribution is 2.30. The molecule has 0 aliphatic carbocycles. The molecule has 30 heavy (non-hydrogen) atoms. The number of hydrogen-bond acceptors (Lipinski definition) is 8. The smallest absolute Gasteiger partial charge is 0.346 e. The van der Waals surface area contributed by atoms with Crippen molar-refractivity contribution >= 4 is 38.8 Å². The van der Waals surface area contributed by atoms with Crippen molar-refractivity contribution in [2.75, 3.05) is 30.4 Å². The molecule has 4 aromatic rings. The average molecular weight is 423 g/mol. The summed E-state index contributed by atoms with van der Waals surface area (Å²) >= 11 is 1.30. The van der Waals surface area contributed by atoms with Crippen LogP contribution < -0.4 is 20.6 Å². The van der Waals surface area contributed by atoms with E-state index in [0.29, 0.717) is 21.3 Å². The largest absolute Gasteiger partial charge is 0.497 e. The molecule has 2 aromatic carbocycles. The Labute approximate surface area is 177 Å². The van der Waals surface area contributed by atoms with Gasteiger partial charge in [0.1, 0.15) is 11.3 Å². The Balaban J connectivity index is 1.62. The van der Waals surface area contributed by atoms with Crippen LogP contribution in [-0.4, -0.2) is 30.4 Å². The van der Waals surface area contributed by atoms with E-state index >= 15 is 0 Å². The summed E-state index contributed by atoms with van der Waals surface area (Å²) in [6.45, 7) is 5.97. The maximum absolute atomic E-state index is 12.6. The van der Waals surface area contributed by atoms with E-state index in [1.54, 1.807) is 7.11 Å². The summed E-state index contributed by atoms with van der Waals surface area (Å²) in [5.74, 6) is 0.774. The molecule has 0 unspecified atom stereocenters. The highest BCUT2D eigenvalue weighted by molar-refractivity contribution is 7.18. The van der Waals surface area contributed by atoms with E-state index < -0.39 is 5.63 Å². The van der Waals surface area contributed by atoms with Gasteiger partial charge in [-0.25, -0.2) is 4.79 Å². The Morgan fingerprint density at radius 2 is 1.83 bits per heavy atom. The van der Waals surface area contributed by atoms with Gasteiger partial charge in [0.05, 0.1) is 12.7 Å². The molecule has 0 saturated heterocycles. The number of fused-ring (bicyclic) bond motifs is 1. The number of rotatable bonds is 7. The normalized spacial score (nSPS) is 10.9. The van der Waals surface area contributed by atoms with Gasteiger partial charge < -0.3 is 19.4 Å². The first-order chi connectivity index (χ1) is 14.6. The molecule has 0 atom stereocenters. The van der Waals surface area contributed by atoms with Crippen molar-refractivity contribution in [3.05, 3.63) is 59.0 Å². The van der Waals surface area contributed by atoms with Crippen molar-refractivity contribution in [3.63, 3.8) is 0 Å². The molecule has 0 fully saturated rings. The minimum atomic E-state index is -0.425. The van der Waals surface area contributed by atoms with Crippen molar-refractivity contribution in [1.82, 2.24) is 10.2 Å². The van der Waals surface area contributed by atoms with E-state index in [1.807, 2.05) is 48.5 Å². The summed E-state index contributed by atoms with van der Waals surface area (Å²) < 4.78 is 10.8. The third-order valence-electron chi connectivity index (χ3n) is 4.84. The lowest BCUT2D eigenvalue weighted by atomic mass is 10.1. The maximum Gasteiger partial charge on any atom is 0.346 e. The number of nitrogens with zero attached hydrogens (tertiary/aromatic N) is 3. The van der Waals surface area contributed by atoms with Crippen LogP contribution in [0.3, 0.4) is 0 Å². The zero-order valence-corrected chi connectivity index (χ0v) is 17.8. The van der Waals surface area contributed by atoms with Gasteiger partial charge in [-0.3, -0.25) is 0 Å². The van der Waals surface area contributed by atoms with Gasteiger partial charge in [-0.05, 0) is 56.3 Å². The Bertz CT molecular complexity index is 1210. The summed E-state index contributed by atoms with van der Waals surface area (Å²) in [7, 11) is 1.62. The molecular weight excluding hydrogens is 400 g/mol. The van der Waals surface area contributed by atoms with Gasteiger partial charge in [0.2, 0.25) is 5.13 Å². The van der Waals surface area contributed by atoms with E-state index in [1.165, 1.54) is 11.3 Å². The molecule has 1 N–H and O–H groups in total. The third-order valence-corrected chi connectivity index (χ3v) is 5.72. The van der Waals surface area contributed by atoms with Crippen LogP contribution in [0.15, 0.2) is 57.7 Å². The van der Waals surface area contributed by atoms with E-state index in [0.717, 1.165) is 35.6 Å². The Hall–Kier alpha value is -3.39. The van der Waals surface area contributed by atoms with Crippen molar-refractivity contribution in [1.29, 1.82) is 0 Å². The summed E-state index contributed by atoms with van der Waals surface area (Å²) in [6.07, 6.45) is 0.